The van der Waals surface area contributed by atoms with E-state index in [0.717, 1.165) is 69.8 Å². The van der Waals surface area contributed by atoms with Gasteiger partial charge in [-0.05, 0) is 56.5 Å². The number of para-hydroxylation sites is 1. The van der Waals surface area contributed by atoms with Crippen molar-refractivity contribution < 1.29 is 19.0 Å². The minimum Gasteiger partial charge on any atom is -0.496 e. The average molecular weight is 453 g/mol. The Morgan fingerprint density at radius 1 is 0.970 bits per heavy atom. The van der Waals surface area contributed by atoms with Crippen LogP contribution in [0.25, 0.3) is 0 Å². The van der Waals surface area contributed by atoms with E-state index in [4.69, 9.17) is 14.2 Å². The van der Waals surface area contributed by atoms with Gasteiger partial charge < -0.3 is 19.1 Å². The van der Waals surface area contributed by atoms with Crippen LogP contribution in [0.2, 0.25) is 0 Å². The smallest absolute Gasteiger partial charge is 0.254 e. The van der Waals surface area contributed by atoms with Gasteiger partial charge in [-0.15, -0.1) is 0 Å². The van der Waals surface area contributed by atoms with Crippen molar-refractivity contribution in [2.75, 3.05) is 40.5 Å². The summed E-state index contributed by atoms with van der Waals surface area (Å²) in [6.45, 7) is 3.97. The van der Waals surface area contributed by atoms with Crippen molar-refractivity contribution in [1.82, 2.24) is 9.80 Å². The topological polar surface area (TPSA) is 51.2 Å². The zero-order chi connectivity index (χ0) is 23.0. The first-order chi connectivity index (χ1) is 16.2. The number of hydrogen-bond donors (Lipinski definition) is 0. The maximum absolute atomic E-state index is 13.4. The van der Waals surface area contributed by atoms with Crippen LogP contribution in [0.5, 0.6) is 11.5 Å². The fraction of sp³-hybridized carbons (Fsp3) is 0.519. The molecule has 178 valence electrons. The van der Waals surface area contributed by atoms with Gasteiger partial charge in [-0.1, -0.05) is 30.7 Å². The standard InChI is InChI=1S/C27H36N2O4/c1-31-25-13-4-3-9-22(25)20-28-15-6-5-12-24-26(32-2)14-8-16-29(24)27(30)21-10-7-11-23(19-21)33-18-17-28/h3-4,7,9-11,13,19,24,26H,5-6,8,12,14-18,20H2,1-2H3/t24-,26-/m0/s1. The molecule has 0 N–H and O–H groups in total. The Bertz CT molecular complexity index is 918. The lowest BCUT2D eigenvalue weighted by Gasteiger charge is -2.41. The predicted octanol–water partition coefficient (Wildman–Crippen LogP) is 4.38. The highest BCUT2D eigenvalue weighted by Crippen LogP contribution is 2.27. The molecule has 2 aromatic carbocycles. The second-order valence-electron chi connectivity index (χ2n) is 8.94. The van der Waals surface area contributed by atoms with Gasteiger partial charge in [0.15, 0.2) is 0 Å². The molecule has 2 heterocycles. The van der Waals surface area contributed by atoms with Crippen LogP contribution in [-0.2, 0) is 11.3 Å². The fourth-order valence-electron chi connectivity index (χ4n) is 5.10. The summed E-state index contributed by atoms with van der Waals surface area (Å²) in [7, 11) is 3.49. The van der Waals surface area contributed by atoms with Gasteiger partial charge in [-0.25, -0.2) is 0 Å². The van der Waals surface area contributed by atoms with Crippen LogP contribution in [0.3, 0.4) is 0 Å². The van der Waals surface area contributed by atoms with Crippen molar-refractivity contribution >= 4 is 5.91 Å². The van der Waals surface area contributed by atoms with Gasteiger partial charge in [-0.2, -0.15) is 0 Å². The van der Waals surface area contributed by atoms with Crippen LogP contribution < -0.4 is 9.47 Å². The van der Waals surface area contributed by atoms with Crippen molar-refractivity contribution in [1.29, 1.82) is 0 Å². The molecule has 2 atom stereocenters. The van der Waals surface area contributed by atoms with Gasteiger partial charge in [0.25, 0.3) is 5.91 Å². The van der Waals surface area contributed by atoms with E-state index in [-0.39, 0.29) is 18.1 Å². The largest absolute Gasteiger partial charge is 0.496 e. The molecular formula is C27H36N2O4. The summed E-state index contributed by atoms with van der Waals surface area (Å²) >= 11 is 0. The monoisotopic (exact) mass is 452 g/mol. The van der Waals surface area contributed by atoms with E-state index in [2.05, 4.69) is 17.0 Å². The first-order valence-corrected chi connectivity index (χ1v) is 12.1. The molecule has 6 nitrogen and oxygen atoms in total. The molecule has 1 amide bonds. The van der Waals surface area contributed by atoms with E-state index in [1.807, 2.05) is 41.3 Å². The highest BCUT2D eigenvalue weighted by Gasteiger charge is 2.34. The van der Waals surface area contributed by atoms with E-state index in [1.165, 1.54) is 5.56 Å². The molecule has 0 saturated carbocycles. The molecule has 2 aliphatic heterocycles. The highest BCUT2D eigenvalue weighted by molar-refractivity contribution is 5.95. The number of ether oxygens (including phenoxy) is 3. The van der Waals surface area contributed by atoms with E-state index in [0.29, 0.717) is 12.2 Å². The summed E-state index contributed by atoms with van der Waals surface area (Å²) in [4.78, 5) is 17.9. The molecule has 0 aromatic heterocycles. The van der Waals surface area contributed by atoms with Crippen molar-refractivity contribution in [3.63, 3.8) is 0 Å². The van der Waals surface area contributed by atoms with E-state index >= 15 is 0 Å². The molecule has 4 rings (SSSR count). The number of carbonyl (C=O) groups is 1. The first-order valence-electron chi connectivity index (χ1n) is 12.1. The summed E-state index contributed by atoms with van der Waals surface area (Å²) in [6.07, 6.45) is 5.16. The molecule has 0 radical (unpaired) electrons. The highest BCUT2D eigenvalue weighted by atomic mass is 16.5. The first kappa shape index (κ1) is 23.6. The maximum Gasteiger partial charge on any atom is 0.254 e. The third-order valence-corrected chi connectivity index (χ3v) is 6.85. The number of piperidine rings is 1. The SMILES string of the molecule is COc1ccccc1CN1CCCC[C@H]2[C@@H](OC)CCCN2C(=O)c2cccc(c2)OCC1. The molecule has 2 aliphatic rings. The Morgan fingerprint density at radius 2 is 1.85 bits per heavy atom. The van der Waals surface area contributed by atoms with Gasteiger partial charge in [0.1, 0.15) is 18.1 Å². The van der Waals surface area contributed by atoms with Crippen LogP contribution in [-0.4, -0.2) is 68.3 Å². The summed E-state index contributed by atoms with van der Waals surface area (Å²) in [5.41, 5.74) is 1.88. The number of methoxy groups -OCH3 is 2. The minimum absolute atomic E-state index is 0.0852. The van der Waals surface area contributed by atoms with Crippen LogP contribution in [0.15, 0.2) is 48.5 Å². The van der Waals surface area contributed by atoms with Crippen molar-refractivity contribution in [2.24, 2.45) is 0 Å². The molecule has 6 heteroatoms. The second kappa shape index (κ2) is 11.5. The van der Waals surface area contributed by atoms with Gasteiger partial charge >= 0.3 is 0 Å². The van der Waals surface area contributed by atoms with Gasteiger partial charge in [0, 0.05) is 37.9 Å². The van der Waals surface area contributed by atoms with Gasteiger partial charge in [0.05, 0.1) is 19.3 Å². The molecule has 0 unspecified atom stereocenters. The number of hydrogen-bond acceptors (Lipinski definition) is 5. The lowest BCUT2D eigenvalue weighted by atomic mass is 9.93. The zero-order valence-corrected chi connectivity index (χ0v) is 19.9. The molecule has 0 spiro atoms. The number of rotatable bonds is 4. The molecule has 33 heavy (non-hydrogen) atoms. The Balaban J connectivity index is 1.54. The van der Waals surface area contributed by atoms with Crippen LogP contribution in [0, 0.1) is 0 Å². The third kappa shape index (κ3) is 5.87. The lowest BCUT2D eigenvalue weighted by Crippen LogP contribution is -2.51. The summed E-state index contributed by atoms with van der Waals surface area (Å²) < 4.78 is 17.5. The van der Waals surface area contributed by atoms with E-state index in [9.17, 15) is 4.79 Å². The lowest BCUT2D eigenvalue weighted by molar-refractivity contribution is -0.0156. The number of benzene rings is 2. The third-order valence-electron chi connectivity index (χ3n) is 6.85. The predicted molar refractivity (Wildman–Crippen MR) is 129 cm³/mol. The fourth-order valence-corrected chi connectivity index (χ4v) is 5.10. The van der Waals surface area contributed by atoms with Gasteiger partial charge in [-0.3, -0.25) is 9.69 Å². The summed E-state index contributed by atoms with van der Waals surface area (Å²) in [5.74, 6) is 1.75. The number of fused-ring (bicyclic) bond motifs is 3. The second-order valence-corrected chi connectivity index (χ2v) is 8.94. The van der Waals surface area contributed by atoms with Crippen molar-refractivity contribution in [2.45, 2.75) is 50.8 Å². The summed E-state index contributed by atoms with van der Waals surface area (Å²) in [5, 5.41) is 0. The van der Waals surface area contributed by atoms with Crippen molar-refractivity contribution in [3.8, 4) is 11.5 Å². The van der Waals surface area contributed by atoms with Crippen LogP contribution >= 0.6 is 0 Å². The normalized spacial score (nSPS) is 22.7. The molecule has 2 bridgehead atoms. The number of amides is 1. The number of carbonyl (C=O) groups excluding carboxylic acids is 1. The van der Waals surface area contributed by atoms with Crippen LogP contribution in [0.4, 0.5) is 0 Å². The Morgan fingerprint density at radius 3 is 2.70 bits per heavy atom. The zero-order valence-electron chi connectivity index (χ0n) is 19.9. The minimum atomic E-state index is 0.0852. The Hall–Kier alpha value is -2.57. The average Bonchev–Trinajstić information content (AvgIpc) is 2.86. The Kier molecular flexibility index (Phi) is 8.24. The van der Waals surface area contributed by atoms with Gasteiger partial charge in [0.2, 0.25) is 0 Å². The maximum atomic E-state index is 13.4. The molecule has 1 saturated heterocycles. The van der Waals surface area contributed by atoms with E-state index in [1.54, 1.807) is 14.2 Å². The molecule has 2 aromatic rings. The van der Waals surface area contributed by atoms with Crippen LogP contribution in [0.1, 0.15) is 48.0 Å². The molecule has 0 aliphatic carbocycles. The van der Waals surface area contributed by atoms with Crippen molar-refractivity contribution in [3.05, 3.63) is 59.7 Å². The molecular weight excluding hydrogens is 416 g/mol. The Labute approximate surface area is 197 Å². The van der Waals surface area contributed by atoms with E-state index < -0.39 is 0 Å². The summed E-state index contributed by atoms with van der Waals surface area (Å²) in [6, 6.07) is 15.9. The molecule has 1 fully saturated rings. The number of nitrogens with zero attached hydrogens (tertiary/aromatic N) is 2. The quantitative estimate of drug-likeness (QED) is 0.689.